The van der Waals surface area contributed by atoms with Crippen LogP contribution in [0, 0.1) is 0 Å². The summed E-state index contributed by atoms with van der Waals surface area (Å²) in [6, 6.07) is 19.4. The molecule has 0 bridgehead atoms. The molecule has 0 saturated heterocycles. The molecule has 0 amide bonds. The van der Waals surface area contributed by atoms with Crippen molar-refractivity contribution in [2.45, 2.75) is 6.18 Å². The van der Waals surface area contributed by atoms with E-state index in [1.54, 1.807) is 60.7 Å². The Kier molecular flexibility index (Phi) is 4.48. The van der Waals surface area contributed by atoms with Crippen molar-refractivity contribution in [3.8, 4) is 22.6 Å². The van der Waals surface area contributed by atoms with Crippen LogP contribution in [0.15, 0.2) is 72.8 Å². The van der Waals surface area contributed by atoms with Crippen molar-refractivity contribution in [2.24, 2.45) is 0 Å². The Morgan fingerprint density at radius 1 is 0.821 bits per heavy atom. The molecule has 0 radical (unpaired) electrons. The molecule has 3 aromatic rings. The van der Waals surface area contributed by atoms with Crippen molar-refractivity contribution in [1.82, 2.24) is 0 Å². The van der Waals surface area contributed by atoms with E-state index >= 15 is 0 Å². The average Bonchev–Trinajstić information content (AvgIpc) is 2.94. The number of fused-ring (bicyclic) bond motifs is 3. The van der Waals surface area contributed by atoms with E-state index in [-0.39, 0.29) is 11.5 Å². The van der Waals surface area contributed by atoms with Crippen LogP contribution in [0.1, 0.15) is 0 Å². The second-order valence-corrected chi connectivity index (χ2v) is 12.3. The monoisotopic (exact) mass is 504 g/mol. The van der Waals surface area contributed by atoms with E-state index in [4.69, 9.17) is 6.20 Å². The molecule has 4 rings (SSSR count). The Labute approximate surface area is 163 Å². The number of hydrogen-bond acceptors (Lipinski definition) is 4. The van der Waals surface area contributed by atoms with E-state index in [1.165, 1.54) is 12.1 Å². The minimum absolute atomic E-state index is 0.0369. The predicted molar refractivity (Wildman–Crippen MR) is 97.8 cm³/mol. The van der Waals surface area contributed by atoms with E-state index < -0.39 is 31.1 Å². The van der Waals surface area contributed by atoms with Gasteiger partial charge in [0.25, 0.3) is 0 Å². The first-order valence-electron chi connectivity index (χ1n) is 8.13. The summed E-state index contributed by atoms with van der Waals surface area (Å²) < 4.78 is 51.3. The van der Waals surface area contributed by atoms with E-state index in [0.717, 1.165) is 0 Å². The summed E-state index contributed by atoms with van der Waals surface area (Å²) in [5.41, 5.74) is 1.31. The molecule has 0 saturated carbocycles. The number of aromatic hydroxyl groups is 1. The van der Waals surface area contributed by atoms with Crippen LogP contribution in [0.5, 0.6) is 11.5 Å². The van der Waals surface area contributed by atoms with Gasteiger partial charge in [-0.25, -0.2) is 0 Å². The standard InChI is InChI=1S/C20H13F3O4Te/c21-20(22,23)19(25)27-28(26-16-10-4-3-9-15(16)24)17-11-5-1-7-13(17)14-8-2-6-12-18(14)28/h1-12,24H. The van der Waals surface area contributed by atoms with Gasteiger partial charge >= 0.3 is 163 Å². The van der Waals surface area contributed by atoms with Crippen molar-refractivity contribution in [2.75, 3.05) is 0 Å². The quantitative estimate of drug-likeness (QED) is 0.560. The van der Waals surface area contributed by atoms with Crippen LogP contribution < -0.4 is 10.3 Å². The fourth-order valence-corrected chi connectivity index (χ4v) is 10.9. The van der Waals surface area contributed by atoms with E-state index in [9.17, 15) is 23.1 Å². The van der Waals surface area contributed by atoms with E-state index in [2.05, 4.69) is 0 Å². The van der Waals surface area contributed by atoms with Crippen LogP contribution in [-0.2, 0) is 7.90 Å². The third-order valence-electron chi connectivity index (χ3n) is 4.14. The second kappa shape index (κ2) is 6.73. The van der Waals surface area contributed by atoms with Gasteiger partial charge in [-0.1, -0.05) is 0 Å². The molecule has 3 aromatic carbocycles. The first-order valence-corrected chi connectivity index (χ1v) is 12.4. The molecular formula is C20H13F3O4Te. The molecule has 144 valence electrons. The number of para-hydroxylation sites is 2. The zero-order chi connectivity index (χ0) is 19.9. The fraction of sp³-hybridized carbons (Fsp3) is 0.0500. The van der Waals surface area contributed by atoms with Gasteiger partial charge in [0.2, 0.25) is 0 Å². The molecular weight excluding hydrogens is 489 g/mol. The number of carbonyl (C=O) groups is 1. The van der Waals surface area contributed by atoms with Gasteiger partial charge in [0, 0.05) is 0 Å². The Hall–Kier alpha value is -2.69. The molecule has 1 heterocycles. The molecule has 1 N–H and O–H groups in total. The number of rotatable bonds is 3. The first kappa shape index (κ1) is 18.7. The van der Waals surface area contributed by atoms with Crippen molar-refractivity contribution < 1.29 is 29.3 Å². The van der Waals surface area contributed by atoms with Gasteiger partial charge in [0.15, 0.2) is 0 Å². The van der Waals surface area contributed by atoms with Gasteiger partial charge < -0.3 is 0 Å². The summed E-state index contributed by atoms with van der Waals surface area (Å²) in [6.07, 6.45) is -5.17. The number of phenolic OH excluding ortho intramolecular Hbond substituents is 1. The van der Waals surface area contributed by atoms with Gasteiger partial charge in [-0.05, 0) is 0 Å². The molecule has 0 fully saturated rings. The Morgan fingerprint density at radius 3 is 1.86 bits per heavy atom. The minimum atomic E-state index is -5.17. The zero-order valence-electron chi connectivity index (χ0n) is 14.1. The maximum atomic E-state index is 13.1. The van der Waals surface area contributed by atoms with Crippen molar-refractivity contribution in [3.05, 3.63) is 72.8 Å². The normalized spacial score (nSPS) is 15.2. The molecule has 0 atom stereocenters. The Bertz CT molecular complexity index is 1020. The number of benzene rings is 3. The first-order chi connectivity index (χ1) is 13.3. The van der Waals surface area contributed by atoms with Crippen LogP contribution in [0.25, 0.3) is 11.1 Å². The molecule has 0 aromatic heterocycles. The van der Waals surface area contributed by atoms with Crippen molar-refractivity contribution >= 4 is 32.2 Å². The number of halogens is 3. The Balaban J connectivity index is 1.96. The number of phenols is 1. The molecule has 4 nitrogen and oxygen atoms in total. The SMILES string of the molecule is O=C(O[Te]1(Oc2ccccc2O)c2ccccc2-c2ccccc21)C(F)(F)F. The topological polar surface area (TPSA) is 55.8 Å². The predicted octanol–water partition coefficient (Wildman–Crippen LogP) is 3.11. The second-order valence-electron chi connectivity index (χ2n) is 5.92. The van der Waals surface area contributed by atoms with Crippen LogP contribution in [0.4, 0.5) is 13.2 Å². The summed E-state index contributed by atoms with van der Waals surface area (Å²) in [4.78, 5) is 11.9. The zero-order valence-corrected chi connectivity index (χ0v) is 16.5. The molecule has 0 aliphatic carbocycles. The van der Waals surface area contributed by atoms with Crippen LogP contribution in [-0.4, -0.2) is 36.3 Å². The number of carbonyl (C=O) groups excluding carboxylic acids is 1. The van der Waals surface area contributed by atoms with Gasteiger partial charge in [-0.3, -0.25) is 0 Å². The van der Waals surface area contributed by atoms with Crippen molar-refractivity contribution in [1.29, 1.82) is 0 Å². The van der Waals surface area contributed by atoms with Gasteiger partial charge in [-0.2, -0.15) is 0 Å². The molecule has 0 unspecified atom stereocenters. The summed E-state index contributed by atoms with van der Waals surface area (Å²) in [5, 5.41) is 10.1. The van der Waals surface area contributed by atoms with E-state index in [0.29, 0.717) is 18.3 Å². The fourth-order valence-electron chi connectivity index (χ4n) is 2.97. The molecule has 8 heteroatoms. The van der Waals surface area contributed by atoms with Gasteiger partial charge in [-0.15, -0.1) is 0 Å². The van der Waals surface area contributed by atoms with Crippen molar-refractivity contribution in [3.63, 3.8) is 0 Å². The van der Waals surface area contributed by atoms with Gasteiger partial charge in [0.1, 0.15) is 0 Å². The third-order valence-corrected chi connectivity index (χ3v) is 11.8. The molecule has 1 aliphatic heterocycles. The van der Waals surface area contributed by atoms with Crippen LogP contribution in [0.3, 0.4) is 0 Å². The van der Waals surface area contributed by atoms with E-state index in [1.807, 2.05) is 0 Å². The third kappa shape index (κ3) is 2.99. The summed E-state index contributed by atoms with van der Waals surface area (Å²) in [7, 11) is 0. The molecule has 28 heavy (non-hydrogen) atoms. The summed E-state index contributed by atoms with van der Waals surface area (Å²) in [6.45, 7) is 0. The number of alkyl halides is 3. The van der Waals surface area contributed by atoms with Crippen LogP contribution >= 0.6 is 0 Å². The Morgan fingerprint density at radius 2 is 1.32 bits per heavy atom. The molecule has 1 aliphatic rings. The average molecular weight is 502 g/mol. The summed E-state index contributed by atoms with van der Waals surface area (Å²) in [5.74, 6) is -2.60. The summed E-state index contributed by atoms with van der Waals surface area (Å²) >= 11 is -4.87. The van der Waals surface area contributed by atoms with Crippen LogP contribution in [0.2, 0.25) is 0 Å². The maximum absolute atomic E-state index is 13.1. The van der Waals surface area contributed by atoms with Gasteiger partial charge in [0.05, 0.1) is 0 Å². The number of hydrogen-bond donors (Lipinski definition) is 1. The molecule has 0 spiro atoms.